The highest BCUT2D eigenvalue weighted by Crippen LogP contribution is 2.27. The van der Waals surface area contributed by atoms with Crippen molar-refractivity contribution < 1.29 is 22.7 Å². The van der Waals surface area contributed by atoms with Crippen LogP contribution in [-0.2, 0) is 32.6 Å². The average molecular weight is 614 g/mol. The second kappa shape index (κ2) is 15.2. The summed E-state index contributed by atoms with van der Waals surface area (Å²) in [4.78, 5) is 29.4. The minimum Gasteiger partial charge on any atom is -0.494 e. The van der Waals surface area contributed by atoms with Crippen LogP contribution in [0.1, 0.15) is 30.5 Å². The van der Waals surface area contributed by atoms with Crippen LogP contribution in [0, 0.1) is 6.92 Å². The number of aryl methyl sites for hydroxylation is 1. The Morgan fingerprint density at radius 2 is 1.39 bits per heavy atom. The maximum Gasteiger partial charge on any atom is 0.264 e. The summed E-state index contributed by atoms with van der Waals surface area (Å²) in [5.74, 6) is -0.267. The van der Waals surface area contributed by atoms with Crippen molar-refractivity contribution in [2.24, 2.45) is 0 Å². The molecule has 230 valence electrons. The van der Waals surface area contributed by atoms with Crippen LogP contribution in [0.5, 0.6) is 5.75 Å². The first kappa shape index (κ1) is 32.3. The fourth-order valence-corrected chi connectivity index (χ4v) is 6.28. The van der Waals surface area contributed by atoms with Crippen LogP contribution < -0.4 is 14.4 Å². The fraction of sp³-hybridized carbons (Fsp3) is 0.257. The van der Waals surface area contributed by atoms with Crippen LogP contribution in [-0.4, -0.2) is 50.9 Å². The predicted octanol–water partition coefficient (Wildman–Crippen LogP) is 5.37. The van der Waals surface area contributed by atoms with Crippen LogP contribution in [0.3, 0.4) is 0 Å². The lowest BCUT2D eigenvalue weighted by atomic mass is 10.0. The summed E-state index contributed by atoms with van der Waals surface area (Å²) in [6, 6.07) is 31.1. The van der Waals surface area contributed by atoms with E-state index in [4.69, 9.17) is 4.74 Å². The van der Waals surface area contributed by atoms with Crippen molar-refractivity contribution in [2.45, 2.75) is 44.7 Å². The van der Waals surface area contributed by atoms with Crippen LogP contribution >= 0.6 is 0 Å². The van der Waals surface area contributed by atoms with Gasteiger partial charge in [-0.1, -0.05) is 78.4 Å². The molecule has 0 unspecified atom stereocenters. The van der Waals surface area contributed by atoms with Crippen molar-refractivity contribution in [1.82, 2.24) is 10.2 Å². The number of amides is 2. The van der Waals surface area contributed by atoms with Gasteiger partial charge < -0.3 is 15.0 Å². The highest BCUT2D eigenvalue weighted by Gasteiger charge is 2.34. The van der Waals surface area contributed by atoms with Crippen molar-refractivity contribution >= 4 is 27.5 Å². The number of hydrogen-bond acceptors (Lipinski definition) is 5. The SMILES string of the molecule is CCNC(=O)[C@@H](Cc1ccccc1)N(Cc1ccccc1)C(=O)CN(c1ccc(C)cc1)S(=O)(=O)c1ccc(OCC)cc1. The second-order valence-electron chi connectivity index (χ2n) is 10.4. The van der Waals surface area contributed by atoms with E-state index in [0.29, 0.717) is 24.6 Å². The zero-order valence-corrected chi connectivity index (χ0v) is 26.2. The normalized spacial score (nSPS) is 11.8. The van der Waals surface area contributed by atoms with Gasteiger partial charge in [-0.2, -0.15) is 0 Å². The molecule has 0 bridgehead atoms. The second-order valence-corrected chi connectivity index (χ2v) is 12.2. The van der Waals surface area contributed by atoms with Gasteiger partial charge in [-0.25, -0.2) is 8.42 Å². The van der Waals surface area contributed by atoms with Gasteiger partial charge in [0.1, 0.15) is 18.3 Å². The standard InChI is InChI=1S/C35H39N3O5S/c1-4-36-35(40)33(24-28-12-8-6-9-13-28)37(25-29-14-10-7-11-15-29)34(39)26-38(30-18-16-27(3)17-19-30)44(41,42)32-22-20-31(21-23-32)43-5-2/h6-23,33H,4-5,24-26H2,1-3H3,(H,36,40)/t33-/m1/s1. The fourth-order valence-electron chi connectivity index (χ4n) is 4.87. The summed E-state index contributed by atoms with van der Waals surface area (Å²) in [5.41, 5.74) is 2.99. The van der Waals surface area contributed by atoms with Gasteiger partial charge in [0.25, 0.3) is 10.0 Å². The first-order valence-corrected chi connectivity index (χ1v) is 16.1. The van der Waals surface area contributed by atoms with Gasteiger partial charge in [-0.3, -0.25) is 13.9 Å². The summed E-state index contributed by atoms with van der Waals surface area (Å²) in [7, 11) is -4.19. The molecule has 4 aromatic carbocycles. The number of rotatable bonds is 14. The number of ether oxygens (including phenoxy) is 1. The van der Waals surface area contributed by atoms with Crippen LogP contribution in [0.25, 0.3) is 0 Å². The summed E-state index contributed by atoms with van der Waals surface area (Å²) in [6.45, 7) is 6.03. The average Bonchev–Trinajstić information content (AvgIpc) is 3.03. The van der Waals surface area contributed by atoms with E-state index in [1.165, 1.54) is 17.0 Å². The molecule has 8 nitrogen and oxygen atoms in total. The Bertz CT molecular complexity index is 1610. The van der Waals surface area contributed by atoms with E-state index in [0.717, 1.165) is 21.0 Å². The number of sulfonamides is 1. The van der Waals surface area contributed by atoms with Crippen LogP contribution in [0.15, 0.2) is 114 Å². The van der Waals surface area contributed by atoms with Gasteiger partial charge in [-0.15, -0.1) is 0 Å². The number of benzene rings is 4. The Labute approximate surface area is 260 Å². The van der Waals surface area contributed by atoms with Crippen molar-refractivity contribution in [3.8, 4) is 5.75 Å². The lowest BCUT2D eigenvalue weighted by Gasteiger charge is -2.33. The molecule has 0 fully saturated rings. The molecule has 0 aliphatic rings. The number of nitrogens with one attached hydrogen (secondary N) is 1. The number of likely N-dealkylation sites (N-methyl/N-ethyl adjacent to an activating group) is 1. The molecule has 4 aromatic rings. The molecule has 9 heteroatoms. The Balaban J connectivity index is 1.76. The van der Waals surface area contributed by atoms with Gasteiger partial charge in [0, 0.05) is 19.5 Å². The van der Waals surface area contributed by atoms with E-state index in [1.54, 1.807) is 36.4 Å². The topological polar surface area (TPSA) is 96.0 Å². The Kier molecular flexibility index (Phi) is 11.2. The number of carbonyl (C=O) groups excluding carboxylic acids is 2. The summed E-state index contributed by atoms with van der Waals surface area (Å²) >= 11 is 0. The molecule has 1 N–H and O–H groups in total. The molecule has 0 radical (unpaired) electrons. The first-order valence-electron chi connectivity index (χ1n) is 14.7. The molecule has 0 heterocycles. The smallest absolute Gasteiger partial charge is 0.264 e. The number of hydrogen-bond donors (Lipinski definition) is 1. The van der Waals surface area contributed by atoms with Gasteiger partial charge in [0.15, 0.2) is 0 Å². The highest BCUT2D eigenvalue weighted by atomic mass is 32.2. The number of nitrogens with zero attached hydrogens (tertiary/aromatic N) is 2. The molecule has 1 atom stereocenters. The summed E-state index contributed by atoms with van der Waals surface area (Å²) in [5, 5.41) is 2.87. The maximum atomic E-state index is 14.4. The third kappa shape index (κ3) is 8.26. The van der Waals surface area contributed by atoms with Gasteiger partial charge in [0.05, 0.1) is 17.2 Å². The number of anilines is 1. The van der Waals surface area contributed by atoms with E-state index < -0.39 is 28.5 Å². The zero-order chi connectivity index (χ0) is 31.5. The first-order chi connectivity index (χ1) is 21.2. The molecule has 0 spiro atoms. The third-order valence-electron chi connectivity index (χ3n) is 7.14. The summed E-state index contributed by atoms with van der Waals surface area (Å²) < 4.78 is 34.9. The van der Waals surface area contributed by atoms with Crippen molar-refractivity contribution in [1.29, 1.82) is 0 Å². The largest absolute Gasteiger partial charge is 0.494 e. The Morgan fingerprint density at radius 3 is 1.95 bits per heavy atom. The molecule has 0 aliphatic carbocycles. The van der Waals surface area contributed by atoms with E-state index in [2.05, 4.69) is 5.32 Å². The quantitative estimate of drug-likeness (QED) is 0.207. The van der Waals surface area contributed by atoms with E-state index in [1.807, 2.05) is 81.4 Å². The molecule has 0 aliphatic heterocycles. The van der Waals surface area contributed by atoms with Crippen molar-refractivity contribution in [3.05, 3.63) is 126 Å². The van der Waals surface area contributed by atoms with Gasteiger partial charge in [-0.05, 0) is 68.3 Å². The molecule has 4 rings (SSSR count). The van der Waals surface area contributed by atoms with Crippen molar-refractivity contribution in [2.75, 3.05) is 24.0 Å². The Hall–Kier alpha value is -4.63. The molecule has 44 heavy (non-hydrogen) atoms. The molecule has 0 saturated heterocycles. The molecule has 0 saturated carbocycles. The lowest BCUT2D eigenvalue weighted by Crippen LogP contribution is -2.53. The molecule has 2 amide bonds. The third-order valence-corrected chi connectivity index (χ3v) is 8.93. The van der Waals surface area contributed by atoms with Crippen molar-refractivity contribution in [3.63, 3.8) is 0 Å². The van der Waals surface area contributed by atoms with Gasteiger partial charge in [0.2, 0.25) is 11.8 Å². The molecular weight excluding hydrogens is 574 g/mol. The molecular formula is C35H39N3O5S. The lowest BCUT2D eigenvalue weighted by molar-refractivity contribution is -0.140. The van der Waals surface area contributed by atoms with E-state index in [-0.39, 0.29) is 23.8 Å². The molecule has 0 aromatic heterocycles. The van der Waals surface area contributed by atoms with E-state index in [9.17, 15) is 18.0 Å². The Morgan fingerprint density at radius 1 is 0.795 bits per heavy atom. The van der Waals surface area contributed by atoms with E-state index >= 15 is 0 Å². The monoisotopic (exact) mass is 613 g/mol. The summed E-state index contributed by atoms with van der Waals surface area (Å²) in [6.07, 6.45) is 0.265. The van der Waals surface area contributed by atoms with Gasteiger partial charge >= 0.3 is 0 Å². The minimum atomic E-state index is -4.19. The zero-order valence-electron chi connectivity index (χ0n) is 25.3. The van der Waals surface area contributed by atoms with Crippen LogP contribution in [0.4, 0.5) is 5.69 Å². The minimum absolute atomic E-state index is 0.0218. The number of carbonyl (C=O) groups is 2. The van der Waals surface area contributed by atoms with Crippen LogP contribution in [0.2, 0.25) is 0 Å². The predicted molar refractivity (Wildman–Crippen MR) is 173 cm³/mol. The highest BCUT2D eigenvalue weighted by molar-refractivity contribution is 7.92. The maximum absolute atomic E-state index is 14.4.